The second kappa shape index (κ2) is 5.96. The van der Waals surface area contributed by atoms with Gasteiger partial charge in [0.05, 0.1) is 0 Å². The average Bonchev–Trinajstić information content (AvgIpc) is 2.18. The van der Waals surface area contributed by atoms with Crippen molar-refractivity contribution < 1.29 is 0 Å². The first-order chi connectivity index (χ1) is 6.69. The number of rotatable bonds is 3. The molecule has 0 aromatic rings. The summed E-state index contributed by atoms with van der Waals surface area (Å²) < 4.78 is 0. The molecule has 0 saturated carbocycles. The Morgan fingerprint density at radius 3 is 2.93 bits per heavy atom. The molecule has 1 fully saturated rings. The highest BCUT2D eigenvalue weighted by molar-refractivity contribution is 6.36. The fourth-order valence-electron chi connectivity index (χ4n) is 2.14. The smallest absolute Gasteiger partial charge is 0.0434 e. The van der Waals surface area contributed by atoms with Crippen LogP contribution in [-0.4, -0.2) is 30.6 Å². The molecule has 14 heavy (non-hydrogen) atoms. The maximum atomic E-state index is 5.92. The number of nitrogens with zero attached hydrogens (tertiary/aromatic N) is 1. The Labute approximate surface area is 96.0 Å². The van der Waals surface area contributed by atoms with Crippen molar-refractivity contribution in [1.82, 2.24) is 4.90 Å². The van der Waals surface area contributed by atoms with Gasteiger partial charge in [0.1, 0.15) is 0 Å². The minimum atomic E-state index is 0.453. The number of hydrogen-bond donors (Lipinski definition) is 1. The number of hydrogen-bond acceptors (Lipinski definition) is 2. The third kappa shape index (κ3) is 3.13. The third-order valence-corrected chi connectivity index (χ3v) is 3.55. The molecule has 1 aliphatic heterocycles. The van der Waals surface area contributed by atoms with E-state index in [1.807, 2.05) is 0 Å². The molecule has 0 spiro atoms. The summed E-state index contributed by atoms with van der Waals surface area (Å²) in [6.07, 6.45) is 2.49. The fraction of sp³-hybridized carbons (Fsp3) is 0.800. The number of nitrogens with two attached hydrogens (primary N) is 1. The van der Waals surface area contributed by atoms with E-state index in [-0.39, 0.29) is 0 Å². The normalized spacial score (nSPS) is 30.7. The van der Waals surface area contributed by atoms with Crippen molar-refractivity contribution in [2.45, 2.75) is 25.8 Å². The summed E-state index contributed by atoms with van der Waals surface area (Å²) in [5, 5.41) is 0.694. The largest absolute Gasteiger partial charge is 0.329 e. The first kappa shape index (κ1) is 12.3. The van der Waals surface area contributed by atoms with E-state index in [9.17, 15) is 0 Å². The van der Waals surface area contributed by atoms with E-state index in [4.69, 9.17) is 28.9 Å². The van der Waals surface area contributed by atoms with Gasteiger partial charge in [0, 0.05) is 29.7 Å². The van der Waals surface area contributed by atoms with Crippen molar-refractivity contribution in [3.63, 3.8) is 0 Å². The SMILES string of the molecule is CC1CCCN(CC(Cl)=CCl)C1CN. The Bertz CT molecular complexity index is 206. The van der Waals surface area contributed by atoms with Crippen LogP contribution in [0.25, 0.3) is 0 Å². The second-order valence-electron chi connectivity index (χ2n) is 3.95. The predicted molar refractivity (Wildman–Crippen MR) is 62.6 cm³/mol. The van der Waals surface area contributed by atoms with Crippen LogP contribution in [0.1, 0.15) is 19.8 Å². The molecule has 0 aliphatic carbocycles. The first-order valence-electron chi connectivity index (χ1n) is 5.08. The molecular formula is C10H18Cl2N2. The zero-order valence-corrected chi connectivity index (χ0v) is 10.1. The zero-order valence-electron chi connectivity index (χ0n) is 8.55. The van der Waals surface area contributed by atoms with Gasteiger partial charge in [0.2, 0.25) is 0 Å². The Morgan fingerprint density at radius 1 is 1.64 bits per heavy atom. The van der Waals surface area contributed by atoms with Gasteiger partial charge in [0.15, 0.2) is 0 Å². The van der Waals surface area contributed by atoms with Crippen molar-refractivity contribution in [3.05, 3.63) is 10.6 Å². The molecule has 2 N–H and O–H groups in total. The summed E-state index contributed by atoms with van der Waals surface area (Å²) in [5.74, 6) is 0.661. The number of piperidine rings is 1. The van der Waals surface area contributed by atoms with Crippen LogP contribution in [-0.2, 0) is 0 Å². The molecular weight excluding hydrogens is 219 g/mol. The van der Waals surface area contributed by atoms with Gasteiger partial charge >= 0.3 is 0 Å². The van der Waals surface area contributed by atoms with Crippen LogP contribution in [0.5, 0.6) is 0 Å². The lowest BCUT2D eigenvalue weighted by atomic mass is 9.91. The molecule has 2 unspecified atom stereocenters. The van der Waals surface area contributed by atoms with Gasteiger partial charge in [-0.15, -0.1) is 0 Å². The summed E-state index contributed by atoms with van der Waals surface area (Å²) in [5.41, 5.74) is 7.20. The molecule has 1 rings (SSSR count). The van der Waals surface area contributed by atoms with E-state index in [0.717, 1.165) is 13.1 Å². The van der Waals surface area contributed by atoms with Gasteiger partial charge in [-0.3, -0.25) is 4.90 Å². The van der Waals surface area contributed by atoms with Crippen molar-refractivity contribution in [3.8, 4) is 0 Å². The first-order valence-corrected chi connectivity index (χ1v) is 5.89. The van der Waals surface area contributed by atoms with Crippen LogP contribution in [0, 0.1) is 5.92 Å². The van der Waals surface area contributed by atoms with Crippen LogP contribution in [0.3, 0.4) is 0 Å². The van der Waals surface area contributed by atoms with Gasteiger partial charge in [-0.2, -0.15) is 0 Å². The molecule has 0 amide bonds. The van der Waals surface area contributed by atoms with Crippen molar-refractivity contribution in [2.75, 3.05) is 19.6 Å². The Morgan fingerprint density at radius 2 is 2.36 bits per heavy atom. The fourth-order valence-corrected chi connectivity index (χ4v) is 2.36. The third-order valence-electron chi connectivity index (χ3n) is 2.94. The maximum Gasteiger partial charge on any atom is 0.0434 e. The second-order valence-corrected chi connectivity index (χ2v) is 4.65. The monoisotopic (exact) mass is 236 g/mol. The van der Waals surface area contributed by atoms with Crippen LogP contribution in [0.4, 0.5) is 0 Å². The van der Waals surface area contributed by atoms with Crippen molar-refractivity contribution >= 4 is 23.2 Å². The van der Waals surface area contributed by atoms with Gasteiger partial charge in [-0.1, -0.05) is 30.1 Å². The highest BCUT2D eigenvalue weighted by Gasteiger charge is 2.27. The molecule has 1 heterocycles. The lowest BCUT2D eigenvalue weighted by molar-refractivity contribution is 0.119. The topological polar surface area (TPSA) is 29.3 Å². The van der Waals surface area contributed by atoms with E-state index < -0.39 is 0 Å². The molecule has 0 radical (unpaired) electrons. The minimum Gasteiger partial charge on any atom is -0.329 e. The summed E-state index contributed by atoms with van der Waals surface area (Å²) >= 11 is 11.5. The van der Waals surface area contributed by atoms with Crippen LogP contribution < -0.4 is 5.73 Å². The molecule has 2 atom stereocenters. The summed E-state index contributed by atoms with van der Waals surface area (Å²) in [7, 11) is 0. The molecule has 0 aromatic carbocycles. The van der Waals surface area contributed by atoms with Gasteiger partial charge in [-0.25, -0.2) is 0 Å². The zero-order chi connectivity index (χ0) is 10.6. The Balaban J connectivity index is 2.56. The van der Waals surface area contributed by atoms with Crippen LogP contribution in [0.2, 0.25) is 0 Å². The van der Waals surface area contributed by atoms with E-state index in [2.05, 4.69) is 11.8 Å². The molecule has 0 bridgehead atoms. The van der Waals surface area contributed by atoms with E-state index in [1.165, 1.54) is 18.4 Å². The van der Waals surface area contributed by atoms with Crippen LogP contribution >= 0.6 is 23.2 Å². The molecule has 1 saturated heterocycles. The highest BCUT2D eigenvalue weighted by atomic mass is 35.5. The molecule has 0 aromatic heterocycles. The highest BCUT2D eigenvalue weighted by Crippen LogP contribution is 2.23. The summed E-state index contributed by atoms with van der Waals surface area (Å²) in [6.45, 7) is 4.76. The minimum absolute atomic E-state index is 0.453. The Kier molecular flexibility index (Phi) is 5.24. The van der Waals surface area contributed by atoms with Crippen molar-refractivity contribution in [1.29, 1.82) is 0 Å². The van der Waals surface area contributed by atoms with Gasteiger partial charge < -0.3 is 5.73 Å². The quantitative estimate of drug-likeness (QED) is 0.816. The summed E-state index contributed by atoms with van der Waals surface area (Å²) in [4.78, 5) is 2.33. The van der Waals surface area contributed by atoms with Gasteiger partial charge in [-0.05, 0) is 25.3 Å². The standard InChI is InChI=1S/C10H18Cl2N2/c1-8-3-2-4-14(10(8)6-13)7-9(12)5-11/h5,8,10H,2-4,6-7,13H2,1H3. The number of likely N-dealkylation sites (tertiary alicyclic amines) is 1. The van der Waals surface area contributed by atoms with E-state index >= 15 is 0 Å². The maximum absolute atomic E-state index is 5.92. The van der Waals surface area contributed by atoms with E-state index in [0.29, 0.717) is 23.5 Å². The van der Waals surface area contributed by atoms with Crippen molar-refractivity contribution in [2.24, 2.45) is 11.7 Å². The summed E-state index contributed by atoms with van der Waals surface area (Å²) in [6, 6.07) is 0.453. The molecule has 1 aliphatic rings. The lowest BCUT2D eigenvalue weighted by Crippen LogP contribution is -2.48. The molecule has 4 heteroatoms. The Hall–Kier alpha value is 0.240. The average molecular weight is 237 g/mol. The van der Waals surface area contributed by atoms with E-state index in [1.54, 1.807) is 0 Å². The number of halogens is 2. The molecule has 2 nitrogen and oxygen atoms in total. The lowest BCUT2D eigenvalue weighted by Gasteiger charge is -2.39. The predicted octanol–water partition coefficient (Wildman–Crippen LogP) is 2.36. The van der Waals surface area contributed by atoms with Gasteiger partial charge in [0.25, 0.3) is 0 Å². The molecule has 82 valence electrons. The van der Waals surface area contributed by atoms with Crippen LogP contribution in [0.15, 0.2) is 10.6 Å².